The van der Waals surface area contributed by atoms with Gasteiger partial charge in [-0.25, -0.2) is 4.79 Å². The minimum Gasteiger partial charge on any atom is -0.478 e. The first kappa shape index (κ1) is 20.2. The maximum atomic E-state index is 12.2. The van der Waals surface area contributed by atoms with Crippen LogP contribution < -0.4 is 5.32 Å². The van der Waals surface area contributed by atoms with Gasteiger partial charge in [0.2, 0.25) is 11.8 Å². The Morgan fingerprint density at radius 1 is 1.18 bits per heavy atom. The van der Waals surface area contributed by atoms with Crippen molar-refractivity contribution in [1.29, 1.82) is 0 Å². The van der Waals surface area contributed by atoms with Crippen LogP contribution in [0.1, 0.15) is 15.9 Å². The minimum absolute atomic E-state index is 0.00667. The van der Waals surface area contributed by atoms with E-state index in [-0.39, 0.29) is 28.3 Å². The van der Waals surface area contributed by atoms with Gasteiger partial charge < -0.3 is 14.8 Å². The molecule has 0 fully saturated rings. The molecule has 1 amide bonds. The number of hydrogen-bond donors (Lipinski definition) is 2. The number of aryl methyl sites for hydroxylation is 1. The van der Waals surface area contributed by atoms with Crippen molar-refractivity contribution in [1.82, 2.24) is 10.2 Å². The zero-order valence-corrected chi connectivity index (χ0v) is 16.7. The molecule has 144 valence electrons. The third kappa shape index (κ3) is 4.83. The number of nitrogens with one attached hydrogen (secondary N) is 1. The molecule has 3 rings (SSSR count). The molecule has 10 heteroatoms. The number of thioether (sulfide) groups is 1. The van der Waals surface area contributed by atoms with Gasteiger partial charge in [0.15, 0.2) is 0 Å². The van der Waals surface area contributed by atoms with Crippen LogP contribution in [0.15, 0.2) is 46.0 Å². The maximum Gasteiger partial charge on any atom is 0.335 e. The summed E-state index contributed by atoms with van der Waals surface area (Å²) in [5.74, 6) is -1.18. The summed E-state index contributed by atoms with van der Waals surface area (Å²) in [7, 11) is 0. The fraction of sp³-hybridized carbons (Fsp3) is 0.111. The van der Waals surface area contributed by atoms with Gasteiger partial charge in [0.1, 0.15) is 0 Å². The third-order valence-corrected chi connectivity index (χ3v) is 5.02. The Kier molecular flexibility index (Phi) is 6.23. The van der Waals surface area contributed by atoms with Crippen LogP contribution in [0.3, 0.4) is 0 Å². The number of nitrogens with zero attached hydrogens (tertiary/aromatic N) is 2. The second-order valence-electron chi connectivity index (χ2n) is 5.67. The molecule has 0 saturated heterocycles. The summed E-state index contributed by atoms with van der Waals surface area (Å²) in [4.78, 5) is 23.2. The Bertz CT molecular complexity index is 1060. The first-order valence-corrected chi connectivity index (χ1v) is 9.63. The summed E-state index contributed by atoms with van der Waals surface area (Å²) >= 11 is 13.0. The second-order valence-corrected chi connectivity index (χ2v) is 7.44. The number of amides is 1. The molecule has 0 atom stereocenters. The third-order valence-electron chi connectivity index (χ3n) is 3.65. The Hall–Kier alpha value is -2.55. The molecule has 2 N–H and O–H groups in total. The molecule has 7 nitrogen and oxygen atoms in total. The number of carboxylic acid groups (broad SMARTS) is 1. The summed E-state index contributed by atoms with van der Waals surface area (Å²) in [6, 6.07) is 9.40. The van der Waals surface area contributed by atoms with E-state index < -0.39 is 5.97 Å². The van der Waals surface area contributed by atoms with Gasteiger partial charge in [0.05, 0.1) is 21.9 Å². The molecule has 0 bridgehead atoms. The molecule has 1 heterocycles. The van der Waals surface area contributed by atoms with Crippen LogP contribution in [0.25, 0.3) is 11.5 Å². The van der Waals surface area contributed by atoms with Crippen molar-refractivity contribution >= 4 is 52.5 Å². The normalized spacial score (nSPS) is 10.7. The zero-order valence-electron chi connectivity index (χ0n) is 14.4. The molecule has 0 aliphatic rings. The molecule has 2 aromatic carbocycles. The van der Waals surface area contributed by atoms with Gasteiger partial charge in [-0.1, -0.05) is 41.0 Å². The van der Waals surface area contributed by atoms with Crippen LogP contribution in [0.4, 0.5) is 5.69 Å². The SMILES string of the molecule is Cc1ccc(C(=O)O)cc1NC(=O)CSc1nnc(-c2ccc(Cl)cc2Cl)o1. The molecular weight excluding hydrogens is 425 g/mol. The molecule has 0 spiro atoms. The number of aromatic carboxylic acids is 1. The van der Waals surface area contributed by atoms with Crippen molar-refractivity contribution in [3.05, 3.63) is 57.6 Å². The number of aromatic nitrogens is 2. The van der Waals surface area contributed by atoms with Crippen molar-refractivity contribution in [2.45, 2.75) is 12.1 Å². The summed E-state index contributed by atoms with van der Waals surface area (Å²) in [5, 5.41) is 20.6. The number of carbonyl (C=O) groups excluding carboxylic acids is 1. The number of carboxylic acids is 1. The van der Waals surface area contributed by atoms with E-state index in [0.29, 0.717) is 21.3 Å². The van der Waals surface area contributed by atoms with Crippen LogP contribution in [-0.4, -0.2) is 32.9 Å². The highest BCUT2D eigenvalue weighted by Crippen LogP contribution is 2.31. The van der Waals surface area contributed by atoms with E-state index in [2.05, 4.69) is 15.5 Å². The van der Waals surface area contributed by atoms with E-state index >= 15 is 0 Å². The van der Waals surface area contributed by atoms with Gasteiger partial charge in [0.25, 0.3) is 5.22 Å². The number of rotatable bonds is 6. The fourth-order valence-corrected chi connectivity index (χ4v) is 3.30. The standard InChI is InChI=1S/C18H13Cl2N3O4S/c1-9-2-3-10(17(25)26)6-14(9)21-15(24)8-28-18-23-22-16(27-18)12-5-4-11(19)7-13(12)20/h2-7H,8H2,1H3,(H,21,24)(H,25,26). The van der Waals surface area contributed by atoms with Gasteiger partial charge in [-0.2, -0.15) is 0 Å². The predicted molar refractivity (Wildman–Crippen MR) is 107 cm³/mol. The lowest BCUT2D eigenvalue weighted by atomic mass is 10.1. The lowest BCUT2D eigenvalue weighted by molar-refractivity contribution is -0.113. The summed E-state index contributed by atoms with van der Waals surface area (Å²) in [6.45, 7) is 1.77. The molecule has 28 heavy (non-hydrogen) atoms. The van der Waals surface area contributed by atoms with Gasteiger partial charge in [0, 0.05) is 10.7 Å². The molecule has 0 aliphatic carbocycles. The second kappa shape index (κ2) is 8.64. The average Bonchev–Trinajstić information content (AvgIpc) is 3.10. The van der Waals surface area contributed by atoms with E-state index in [1.807, 2.05) is 0 Å². The Balaban J connectivity index is 1.63. The van der Waals surface area contributed by atoms with Gasteiger partial charge in [-0.3, -0.25) is 4.79 Å². The van der Waals surface area contributed by atoms with E-state index in [0.717, 1.165) is 17.3 Å². The van der Waals surface area contributed by atoms with E-state index in [1.54, 1.807) is 31.2 Å². The number of anilines is 1. The molecule has 3 aromatic rings. The van der Waals surface area contributed by atoms with Gasteiger partial charge in [-0.05, 0) is 42.8 Å². The first-order valence-electron chi connectivity index (χ1n) is 7.89. The summed E-state index contributed by atoms with van der Waals surface area (Å²) in [6.07, 6.45) is 0. The minimum atomic E-state index is -1.07. The fourth-order valence-electron chi connectivity index (χ4n) is 2.24. The molecule has 1 aromatic heterocycles. The van der Waals surface area contributed by atoms with Crippen LogP contribution in [0.5, 0.6) is 0 Å². The number of halogens is 2. The molecule has 0 aliphatic heterocycles. The lowest BCUT2D eigenvalue weighted by Crippen LogP contribution is -2.15. The summed E-state index contributed by atoms with van der Waals surface area (Å²) < 4.78 is 5.52. The van der Waals surface area contributed by atoms with Gasteiger partial charge >= 0.3 is 5.97 Å². The number of hydrogen-bond acceptors (Lipinski definition) is 6. The van der Waals surface area contributed by atoms with E-state index in [9.17, 15) is 9.59 Å². The Morgan fingerprint density at radius 3 is 2.68 bits per heavy atom. The Labute approximate surface area is 174 Å². The Morgan fingerprint density at radius 2 is 1.96 bits per heavy atom. The van der Waals surface area contributed by atoms with Crippen molar-refractivity contribution < 1.29 is 19.1 Å². The van der Waals surface area contributed by atoms with Crippen LogP contribution in [0.2, 0.25) is 10.0 Å². The number of benzene rings is 2. The van der Waals surface area contributed by atoms with Crippen molar-refractivity contribution in [2.24, 2.45) is 0 Å². The highest BCUT2D eigenvalue weighted by molar-refractivity contribution is 7.99. The van der Waals surface area contributed by atoms with Crippen molar-refractivity contribution in [3.8, 4) is 11.5 Å². The predicted octanol–water partition coefficient (Wildman–Crippen LogP) is 4.78. The zero-order chi connectivity index (χ0) is 20.3. The average molecular weight is 438 g/mol. The quantitative estimate of drug-likeness (QED) is 0.534. The molecule has 0 unspecified atom stereocenters. The van der Waals surface area contributed by atoms with E-state index in [1.165, 1.54) is 12.1 Å². The maximum absolute atomic E-state index is 12.2. The smallest absolute Gasteiger partial charge is 0.335 e. The lowest BCUT2D eigenvalue weighted by Gasteiger charge is -2.08. The van der Waals surface area contributed by atoms with Crippen LogP contribution in [-0.2, 0) is 4.79 Å². The molecule has 0 saturated carbocycles. The van der Waals surface area contributed by atoms with Crippen molar-refractivity contribution in [3.63, 3.8) is 0 Å². The van der Waals surface area contributed by atoms with Gasteiger partial charge in [-0.15, -0.1) is 10.2 Å². The highest BCUT2D eigenvalue weighted by atomic mass is 35.5. The first-order chi connectivity index (χ1) is 13.3. The van der Waals surface area contributed by atoms with Crippen molar-refractivity contribution in [2.75, 3.05) is 11.1 Å². The van der Waals surface area contributed by atoms with Crippen LogP contribution in [0, 0.1) is 6.92 Å². The van der Waals surface area contributed by atoms with Crippen LogP contribution >= 0.6 is 35.0 Å². The molecular formula is C18H13Cl2N3O4S. The topological polar surface area (TPSA) is 105 Å². The number of carbonyl (C=O) groups is 2. The molecule has 0 radical (unpaired) electrons. The monoisotopic (exact) mass is 437 g/mol. The summed E-state index contributed by atoms with van der Waals surface area (Å²) in [5.41, 5.74) is 1.82. The van der Waals surface area contributed by atoms with E-state index in [4.69, 9.17) is 32.7 Å². The largest absolute Gasteiger partial charge is 0.478 e. The highest BCUT2D eigenvalue weighted by Gasteiger charge is 2.15.